The summed E-state index contributed by atoms with van der Waals surface area (Å²) >= 11 is 0. The van der Waals surface area contributed by atoms with Crippen molar-refractivity contribution in [2.24, 2.45) is 112 Å². The van der Waals surface area contributed by atoms with E-state index in [4.69, 9.17) is 0 Å². The summed E-state index contributed by atoms with van der Waals surface area (Å²) in [5, 5.41) is 0. The molecule has 12 unspecified atom stereocenters. The van der Waals surface area contributed by atoms with Gasteiger partial charge in [0.05, 0.1) is 0 Å². The zero-order chi connectivity index (χ0) is 32.7. The molecule has 5 fully saturated rings. The Morgan fingerprint density at radius 3 is 1.16 bits per heavy atom. The molecule has 0 nitrogen and oxygen atoms in total. The van der Waals surface area contributed by atoms with E-state index >= 15 is 0 Å². The van der Waals surface area contributed by atoms with Crippen LogP contribution in [0.25, 0.3) is 0 Å². The van der Waals surface area contributed by atoms with Gasteiger partial charge in [-0.15, -0.1) is 0 Å². The minimum atomic E-state index is 0. The molecule has 0 saturated heterocycles. The van der Waals surface area contributed by atoms with Crippen LogP contribution in [-0.2, 0) is 17.1 Å². The van der Waals surface area contributed by atoms with Gasteiger partial charge in [0.1, 0.15) is 0 Å². The second-order valence-corrected chi connectivity index (χ2v) is 19.5. The summed E-state index contributed by atoms with van der Waals surface area (Å²) in [6.45, 7) is 36.4. The Bertz CT molecular complexity index is 804. The fraction of sp³-hybridized carbons (Fsp3) is 1.00. The zero-order valence-electron chi connectivity index (χ0n) is 33.0. The molecular weight excluding hydrogens is 583 g/mol. The van der Waals surface area contributed by atoms with Crippen molar-refractivity contribution in [3.8, 4) is 0 Å². The van der Waals surface area contributed by atoms with Crippen molar-refractivity contribution in [2.75, 3.05) is 0 Å². The summed E-state index contributed by atoms with van der Waals surface area (Å²) in [6.07, 6.45) is 16.5. The largest absolute Gasteiger partial charge is 0.0651 e. The second kappa shape index (κ2) is 16.5. The molecule has 0 aromatic rings. The summed E-state index contributed by atoms with van der Waals surface area (Å²) in [6, 6.07) is 0. The molecule has 1 radical (unpaired) electrons. The van der Waals surface area contributed by atoms with Crippen LogP contribution in [0.15, 0.2) is 0 Å². The molecule has 0 aliphatic heterocycles. The Balaban J connectivity index is 0.000000525. The fourth-order valence-electron chi connectivity index (χ4n) is 12.8. The number of hydrogen-bond acceptors (Lipinski definition) is 0. The third kappa shape index (κ3) is 7.97. The van der Waals surface area contributed by atoms with Crippen LogP contribution in [0.5, 0.6) is 0 Å². The normalized spacial score (nSPS) is 47.4. The molecule has 0 aromatic heterocycles. The van der Waals surface area contributed by atoms with Gasteiger partial charge in [-0.25, -0.2) is 0 Å². The third-order valence-corrected chi connectivity index (χ3v) is 17.6. The first-order valence-corrected chi connectivity index (χ1v) is 20.7. The molecule has 5 saturated carbocycles. The van der Waals surface area contributed by atoms with E-state index in [0.717, 1.165) is 94.7 Å². The Hall–Kier alpha value is 0.519. The van der Waals surface area contributed by atoms with Crippen LogP contribution >= 0.6 is 0 Å². The van der Waals surface area contributed by atoms with Gasteiger partial charge in [-0.2, -0.15) is 0 Å². The predicted molar refractivity (Wildman–Crippen MR) is 195 cm³/mol. The molecule has 0 aromatic carbocycles. The van der Waals surface area contributed by atoms with Crippen molar-refractivity contribution in [2.45, 2.75) is 168 Å². The van der Waals surface area contributed by atoms with Crippen molar-refractivity contribution in [1.82, 2.24) is 0 Å². The minimum absolute atomic E-state index is 0. The number of fused-ring (bicyclic) bond motifs is 2. The van der Waals surface area contributed by atoms with Crippen LogP contribution in [0.4, 0.5) is 0 Å². The smallest absolute Gasteiger partial charge is 0 e. The van der Waals surface area contributed by atoms with Gasteiger partial charge < -0.3 is 0 Å². The van der Waals surface area contributed by atoms with Crippen molar-refractivity contribution < 1.29 is 17.1 Å². The molecule has 2 bridgehead atoms. The van der Waals surface area contributed by atoms with Gasteiger partial charge in [0.2, 0.25) is 0 Å². The average Bonchev–Trinajstić information content (AvgIpc) is 2.91. The van der Waals surface area contributed by atoms with Gasteiger partial charge in [0.25, 0.3) is 0 Å². The Morgan fingerprint density at radius 2 is 0.844 bits per heavy atom. The molecular formula is C44H82Mn. The number of hydrogen-bond donors (Lipinski definition) is 0. The van der Waals surface area contributed by atoms with Crippen molar-refractivity contribution in [3.63, 3.8) is 0 Å². The van der Waals surface area contributed by atoms with Crippen LogP contribution in [0.2, 0.25) is 0 Å². The first kappa shape index (κ1) is 40.0. The van der Waals surface area contributed by atoms with Gasteiger partial charge in [-0.3, -0.25) is 0 Å². The molecule has 45 heavy (non-hydrogen) atoms. The topological polar surface area (TPSA) is 0 Å². The van der Waals surface area contributed by atoms with Gasteiger partial charge in [0, 0.05) is 17.1 Å². The Labute approximate surface area is 295 Å². The molecule has 265 valence electrons. The first-order chi connectivity index (χ1) is 20.7. The number of rotatable bonds is 5. The summed E-state index contributed by atoms with van der Waals surface area (Å²) in [7, 11) is 0. The standard InChI is InChI=1S/C36H68.C8H14.Mn/c1-15-30(16-2)31-18-32(19-31)33-34-28(11)26(9)24(7)22(5)20(3)17-21(4)23(6)25(8)27(10)29(12)35(33)36(34,13)14;1-3-7(4-1)8-5-2-6-8;/h20-35H,15-19H2,1-14H3;7-8H,1-6H2;. The summed E-state index contributed by atoms with van der Waals surface area (Å²) < 4.78 is 0. The quantitative estimate of drug-likeness (QED) is 0.256. The average molecular weight is 666 g/mol. The molecule has 1 heteroatoms. The van der Waals surface area contributed by atoms with Gasteiger partial charge in [-0.05, 0) is 131 Å². The fourth-order valence-corrected chi connectivity index (χ4v) is 12.8. The maximum absolute atomic E-state index is 2.70. The first-order valence-electron chi connectivity index (χ1n) is 20.7. The van der Waals surface area contributed by atoms with E-state index in [1.807, 2.05) is 0 Å². The van der Waals surface area contributed by atoms with Crippen molar-refractivity contribution >= 4 is 0 Å². The van der Waals surface area contributed by atoms with Gasteiger partial charge in [-0.1, -0.05) is 148 Å². The molecule has 5 rings (SSSR count). The van der Waals surface area contributed by atoms with Gasteiger partial charge in [0.15, 0.2) is 0 Å². The van der Waals surface area contributed by atoms with Crippen LogP contribution in [0.1, 0.15) is 168 Å². The monoisotopic (exact) mass is 666 g/mol. The van der Waals surface area contributed by atoms with Crippen LogP contribution in [0.3, 0.4) is 0 Å². The molecule has 5 aliphatic rings. The maximum Gasteiger partial charge on any atom is 0 e. The third-order valence-electron chi connectivity index (χ3n) is 17.6. The van der Waals surface area contributed by atoms with E-state index in [1.54, 1.807) is 25.7 Å². The molecule has 0 spiro atoms. The maximum atomic E-state index is 2.70. The van der Waals surface area contributed by atoms with E-state index in [-0.39, 0.29) is 17.1 Å². The summed E-state index contributed by atoms with van der Waals surface area (Å²) in [5.41, 5.74) is 0.472. The van der Waals surface area contributed by atoms with E-state index < -0.39 is 0 Å². The molecule has 0 heterocycles. The molecule has 0 amide bonds. The minimum Gasteiger partial charge on any atom is -0.0651 e. The van der Waals surface area contributed by atoms with Gasteiger partial charge >= 0.3 is 0 Å². The summed E-state index contributed by atoms with van der Waals surface area (Å²) in [4.78, 5) is 0. The van der Waals surface area contributed by atoms with E-state index in [9.17, 15) is 0 Å². The van der Waals surface area contributed by atoms with E-state index in [0.29, 0.717) is 5.41 Å². The van der Waals surface area contributed by atoms with Crippen LogP contribution in [-0.4, -0.2) is 0 Å². The van der Waals surface area contributed by atoms with E-state index in [1.165, 1.54) is 56.8 Å². The van der Waals surface area contributed by atoms with E-state index in [2.05, 4.69) is 96.9 Å². The molecule has 12 atom stereocenters. The van der Waals surface area contributed by atoms with Crippen molar-refractivity contribution in [3.05, 3.63) is 0 Å². The molecule has 0 N–H and O–H groups in total. The predicted octanol–water partition coefficient (Wildman–Crippen LogP) is 13.7. The Kier molecular flexibility index (Phi) is 14.6. The molecule has 5 aliphatic carbocycles. The van der Waals surface area contributed by atoms with Crippen LogP contribution in [0, 0.1) is 112 Å². The second-order valence-electron chi connectivity index (χ2n) is 19.5. The Morgan fingerprint density at radius 1 is 0.489 bits per heavy atom. The van der Waals surface area contributed by atoms with Crippen LogP contribution < -0.4 is 0 Å². The zero-order valence-corrected chi connectivity index (χ0v) is 34.2. The summed E-state index contributed by atoms with van der Waals surface area (Å²) in [5.74, 6) is 16.3. The van der Waals surface area contributed by atoms with Crippen molar-refractivity contribution in [1.29, 1.82) is 0 Å². The SMILES string of the molecule is C1CC(C2CCC2)C1.CCC(CC)C1CC(C2C3C(C)C(C)C(C)C(C)C(C)CC(C)C(C)C(C)C(C)C(C)C2C3(C)C)C1.[Mn].